The number of anilines is 1. The highest BCUT2D eigenvalue weighted by atomic mass is 19.1. The highest BCUT2D eigenvalue weighted by Crippen LogP contribution is 2.48. The second-order valence-corrected chi connectivity index (χ2v) is 9.67. The largest absolute Gasteiger partial charge is 0.311 e. The Hall–Kier alpha value is -2.71. The van der Waals surface area contributed by atoms with Crippen LogP contribution in [0.5, 0.6) is 0 Å². The minimum atomic E-state index is -0.479. The van der Waals surface area contributed by atoms with E-state index in [2.05, 4.69) is 11.0 Å². The summed E-state index contributed by atoms with van der Waals surface area (Å²) >= 11 is 0. The van der Waals surface area contributed by atoms with Crippen molar-refractivity contribution in [1.29, 1.82) is 5.26 Å². The van der Waals surface area contributed by atoms with E-state index in [0.717, 1.165) is 43.7 Å². The normalized spacial score (nSPS) is 18.3. The van der Waals surface area contributed by atoms with Gasteiger partial charge >= 0.3 is 0 Å². The third-order valence-electron chi connectivity index (χ3n) is 6.47. The van der Waals surface area contributed by atoms with Crippen LogP contribution in [0.1, 0.15) is 50.3 Å². The minimum absolute atomic E-state index is 0.0900. The number of piperidine rings is 1. The van der Waals surface area contributed by atoms with E-state index < -0.39 is 5.41 Å². The molecule has 0 radical (unpaired) electrons. The molecule has 1 spiro atoms. The second-order valence-electron chi connectivity index (χ2n) is 9.67. The van der Waals surface area contributed by atoms with Crippen LogP contribution in [0.2, 0.25) is 0 Å². The van der Waals surface area contributed by atoms with Crippen LogP contribution >= 0.6 is 0 Å². The van der Waals surface area contributed by atoms with Crippen LogP contribution in [0, 0.1) is 22.6 Å². The van der Waals surface area contributed by atoms with Gasteiger partial charge < -0.3 is 4.90 Å². The Kier molecular flexibility index (Phi) is 5.15. The monoisotopic (exact) mass is 405 g/mol. The summed E-state index contributed by atoms with van der Waals surface area (Å²) in [5.41, 5.74) is 3.05. The number of hydrogen-bond acceptors (Lipinski definition) is 3. The van der Waals surface area contributed by atoms with Gasteiger partial charge in [-0.25, -0.2) is 4.39 Å². The molecule has 2 aromatic rings. The van der Waals surface area contributed by atoms with E-state index in [1.54, 1.807) is 12.1 Å². The van der Waals surface area contributed by atoms with Gasteiger partial charge in [-0.3, -0.25) is 9.69 Å². The van der Waals surface area contributed by atoms with Gasteiger partial charge in [0.25, 0.3) is 0 Å². The Bertz CT molecular complexity index is 993. The van der Waals surface area contributed by atoms with Gasteiger partial charge in [0.1, 0.15) is 5.82 Å². The van der Waals surface area contributed by atoms with E-state index in [1.165, 1.54) is 11.6 Å². The average Bonchev–Trinajstić information content (AvgIpc) is 3.02. The van der Waals surface area contributed by atoms with Crippen LogP contribution in [-0.4, -0.2) is 30.4 Å². The maximum Gasteiger partial charge on any atom is 0.232 e. The number of hydrogen-bond donors (Lipinski definition) is 0. The average molecular weight is 406 g/mol. The van der Waals surface area contributed by atoms with Crippen molar-refractivity contribution in [2.75, 3.05) is 24.5 Å². The van der Waals surface area contributed by atoms with E-state index in [4.69, 9.17) is 5.26 Å². The maximum absolute atomic E-state index is 14.2. The van der Waals surface area contributed by atoms with Crippen molar-refractivity contribution in [3.63, 3.8) is 0 Å². The molecule has 1 saturated heterocycles. The fourth-order valence-electron chi connectivity index (χ4n) is 4.74. The molecule has 0 bridgehead atoms. The standard InChI is InChI=1S/C25H28FN3O/c1-24(2,3)23(30)29-17-25(21-14-20(26)8-9-22(21)29)10-12-28(13-11-25)16-19-6-4-18(15-27)5-7-19/h4-9,14H,10-13,16-17H2,1-3H3. The van der Waals surface area contributed by atoms with Gasteiger partial charge in [-0.15, -0.1) is 0 Å². The highest BCUT2D eigenvalue weighted by molar-refractivity contribution is 5.99. The molecule has 1 amide bonds. The molecule has 0 unspecified atom stereocenters. The number of nitriles is 1. The summed E-state index contributed by atoms with van der Waals surface area (Å²) in [6, 6.07) is 14.7. The van der Waals surface area contributed by atoms with E-state index in [9.17, 15) is 9.18 Å². The molecular formula is C25H28FN3O. The van der Waals surface area contributed by atoms with Crippen molar-refractivity contribution >= 4 is 11.6 Å². The zero-order valence-corrected chi connectivity index (χ0v) is 17.9. The quantitative estimate of drug-likeness (QED) is 0.732. The first-order valence-electron chi connectivity index (χ1n) is 10.6. The molecule has 4 rings (SSSR count). The third-order valence-corrected chi connectivity index (χ3v) is 6.47. The number of benzene rings is 2. The van der Waals surface area contributed by atoms with Crippen molar-refractivity contribution in [3.8, 4) is 6.07 Å². The lowest BCUT2D eigenvalue weighted by molar-refractivity contribution is -0.125. The van der Waals surface area contributed by atoms with Gasteiger partial charge in [-0.2, -0.15) is 5.26 Å². The number of nitrogens with zero attached hydrogens (tertiary/aromatic N) is 3. The maximum atomic E-state index is 14.2. The number of fused-ring (bicyclic) bond motifs is 2. The topological polar surface area (TPSA) is 47.3 Å². The number of halogens is 1. The molecule has 0 saturated carbocycles. The number of carbonyl (C=O) groups excluding carboxylic acids is 1. The zero-order chi connectivity index (χ0) is 21.5. The van der Waals surface area contributed by atoms with Crippen LogP contribution in [0.25, 0.3) is 0 Å². The van der Waals surface area contributed by atoms with Gasteiger partial charge in [0.05, 0.1) is 11.6 Å². The summed E-state index contributed by atoms with van der Waals surface area (Å²) in [5, 5.41) is 8.96. The zero-order valence-electron chi connectivity index (χ0n) is 17.9. The van der Waals surface area contributed by atoms with Crippen molar-refractivity contribution in [2.45, 2.75) is 45.6 Å². The molecule has 0 atom stereocenters. The van der Waals surface area contributed by atoms with Crippen LogP contribution in [0.15, 0.2) is 42.5 Å². The molecule has 2 aliphatic heterocycles. The Balaban J connectivity index is 1.53. The Morgan fingerprint density at radius 2 is 1.80 bits per heavy atom. The lowest BCUT2D eigenvalue weighted by atomic mass is 9.74. The molecule has 2 aromatic carbocycles. The summed E-state index contributed by atoms with van der Waals surface area (Å²) in [6.07, 6.45) is 1.79. The van der Waals surface area contributed by atoms with Crippen LogP contribution in [-0.2, 0) is 16.8 Å². The summed E-state index contributed by atoms with van der Waals surface area (Å²) in [7, 11) is 0. The number of carbonyl (C=O) groups is 1. The molecule has 0 aromatic heterocycles. The van der Waals surface area contributed by atoms with E-state index >= 15 is 0 Å². The fraction of sp³-hybridized carbons (Fsp3) is 0.440. The van der Waals surface area contributed by atoms with Crippen LogP contribution in [0.4, 0.5) is 10.1 Å². The van der Waals surface area contributed by atoms with Crippen LogP contribution < -0.4 is 4.90 Å². The summed E-state index contributed by atoms with van der Waals surface area (Å²) < 4.78 is 14.2. The summed E-state index contributed by atoms with van der Waals surface area (Å²) in [6.45, 7) is 9.06. The number of amides is 1. The molecule has 156 valence electrons. The summed E-state index contributed by atoms with van der Waals surface area (Å²) in [5.74, 6) is -0.148. The predicted molar refractivity (Wildman–Crippen MR) is 116 cm³/mol. The number of likely N-dealkylation sites (tertiary alicyclic amines) is 1. The lowest BCUT2D eigenvalue weighted by Gasteiger charge is -2.40. The van der Waals surface area contributed by atoms with Gasteiger partial charge in [-0.1, -0.05) is 32.9 Å². The minimum Gasteiger partial charge on any atom is -0.311 e. The third kappa shape index (κ3) is 3.73. The van der Waals surface area contributed by atoms with Crippen molar-refractivity contribution in [2.24, 2.45) is 5.41 Å². The van der Waals surface area contributed by atoms with Crippen molar-refractivity contribution in [1.82, 2.24) is 4.90 Å². The molecule has 0 N–H and O–H groups in total. The smallest absolute Gasteiger partial charge is 0.232 e. The predicted octanol–water partition coefficient (Wildman–Crippen LogP) is 4.62. The molecule has 0 aliphatic carbocycles. The molecule has 5 heteroatoms. The summed E-state index contributed by atoms with van der Waals surface area (Å²) in [4.78, 5) is 17.4. The van der Waals surface area contributed by atoms with E-state index in [-0.39, 0.29) is 17.1 Å². The Morgan fingerprint density at radius 3 is 2.40 bits per heavy atom. The first kappa shape index (κ1) is 20.6. The molecule has 2 aliphatic rings. The molecule has 2 heterocycles. The SMILES string of the molecule is CC(C)(C)C(=O)N1CC2(CCN(Cc3ccc(C#N)cc3)CC2)c2cc(F)ccc21. The molecular weight excluding hydrogens is 377 g/mol. The lowest BCUT2D eigenvalue weighted by Crippen LogP contribution is -2.47. The second kappa shape index (κ2) is 7.52. The first-order valence-corrected chi connectivity index (χ1v) is 10.6. The van der Waals surface area contributed by atoms with Gasteiger partial charge in [0.2, 0.25) is 5.91 Å². The van der Waals surface area contributed by atoms with Crippen molar-refractivity contribution < 1.29 is 9.18 Å². The van der Waals surface area contributed by atoms with Gasteiger partial charge in [-0.05, 0) is 67.4 Å². The van der Waals surface area contributed by atoms with Crippen molar-refractivity contribution in [3.05, 3.63) is 65.0 Å². The molecule has 1 fully saturated rings. The van der Waals surface area contributed by atoms with Crippen LogP contribution in [0.3, 0.4) is 0 Å². The molecule has 30 heavy (non-hydrogen) atoms. The van der Waals surface area contributed by atoms with Gasteiger partial charge in [0, 0.05) is 29.6 Å². The van der Waals surface area contributed by atoms with E-state index in [0.29, 0.717) is 12.1 Å². The van der Waals surface area contributed by atoms with E-state index in [1.807, 2.05) is 49.9 Å². The fourth-order valence-corrected chi connectivity index (χ4v) is 4.74. The highest BCUT2D eigenvalue weighted by Gasteiger charge is 2.47. The Morgan fingerprint density at radius 1 is 1.13 bits per heavy atom. The van der Waals surface area contributed by atoms with Gasteiger partial charge in [0.15, 0.2) is 0 Å². The molecule has 4 nitrogen and oxygen atoms in total. The Labute approximate surface area is 177 Å². The first-order chi connectivity index (χ1) is 14.2. The number of rotatable bonds is 2.